The second-order valence-corrected chi connectivity index (χ2v) is 8.04. The highest BCUT2D eigenvalue weighted by molar-refractivity contribution is 7.89. The Morgan fingerprint density at radius 1 is 1.08 bits per heavy atom. The van der Waals surface area contributed by atoms with Gasteiger partial charge in [0, 0.05) is 41.3 Å². The number of sulfonamides is 1. The predicted octanol–water partition coefficient (Wildman–Crippen LogP) is 3.38. The molecule has 0 fully saturated rings. The number of benzene rings is 1. The zero-order chi connectivity index (χ0) is 17.0. The van der Waals surface area contributed by atoms with Crippen molar-refractivity contribution in [3.05, 3.63) is 64.9 Å². The molecular formula is C16H14ClN3O2S2. The minimum Gasteiger partial charge on any atom is -0.265 e. The highest BCUT2D eigenvalue weighted by atomic mass is 35.5. The lowest BCUT2D eigenvalue weighted by Crippen LogP contribution is -2.26. The highest BCUT2D eigenvalue weighted by Crippen LogP contribution is 2.23. The van der Waals surface area contributed by atoms with E-state index in [1.54, 1.807) is 24.5 Å². The predicted molar refractivity (Wildman–Crippen MR) is 95.7 cm³/mol. The lowest BCUT2D eigenvalue weighted by atomic mass is 10.3. The summed E-state index contributed by atoms with van der Waals surface area (Å²) in [5, 5.41) is 3.33. The molecule has 0 spiro atoms. The molecule has 24 heavy (non-hydrogen) atoms. The summed E-state index contributed by atoms with van der Waals surface area (Å²) in [5.74, 6) is 0. The third kappa shape index (κ3) is 4.18. The Balaban J connectivity index is 1.60. The van der Waals surface area contributed by atoms with Gasteiger partial charge in [-0.3, -0.25) is 4.98 Å². The quantitative estimate of drug-likeness (QED) is 0.712. The first-order chi connectivity index (χ1) is 11.5. The molecule has 0 amide bonds. The fourth-order valence-corrected chi connectivity index (χ4v) is 4.08. The molecule has 0 aliphatic rings. The largest absolute Gasteiger partial charge is 0.265 e. The monoisotopic (exact) mass is 379 g/mol. The molecular weight excluding hydrogens is 366 g/mol. The van der Waals surface area contributed by atoms with Gasteiger partial charge in [-0.15, -0.1) is 11.3 Å². The Hall–Kier alpha value is -1.80. The number of aromatic nitrogens is 2. The molecule has 0 aliphatic heterocycles. The van der Waals surface area contributed by atoms with Crippen LogP contribution in [-0.4, -0.2) is 24.9 Å². The smallest absolute Gasteiger partial charge is 0.240 e. The summed E-state index contributed by atoms with van der Waals surface area (Å²) in [6.45, 7) is 0.282. The Morgan fingerprint density at radius 3 is 2.50 bits per heavy atom. The topological polar surface area (TPSA) is 72.0 Å². The first-order valence-corrected chi connectivity index (χ1v) is 9.89. The molecule has 1 aromatic carbocycles. The molecule has 1 N–H and O–H groups in total. The van der Waals surface area contributed by atoms with Gasteiger partial charge in [0.1, 0.15) is 5.01 Å². The molecule has 3 aromatic rings. The summed E-state index contributed by atoms with van der Waals surface area (Å²) >= 11 is 7.30. The van der Waals surface area contributed by atoms with Crippen molar-refractivity contribution in [1.29, 1.82) is 0 Å². The molecule has 0 saturated heterocycles. The average molecular weight is 380 g/mol. The van der Waals surface area contributed by atoms with Crippen LogP contribution in [0.5, 0.6) is 0 Å². The van der Waals surface area contributed by atoms with Crippen LogP contribution in [0.25, 0.3) is 10.6 Å². The van der Waals surface area contributed by atoms with Crippen LogP contribution in [0.4, 0.5) is 0 Å². The normalized spacial score (nSPS) is 11.5. The number of hydrogen-bond donors (Lipinski definition) is 1. The summed E-state index contributed by atoms with van der Waals surface area (Å²) in [7, 11) is -3.53. The average Bonchev–Trinajstić information content (AvgIpc) is 3.05. The summed E-state index contributed by atoms with van der Waals surface area (Å²) in [4.78, 5) is 8.70. The van der Waals surface area contributed by atoms with E-state index in [4.69, 9.17) is 11.6 Å². The van der Waals surface area contributed by atoms with Crippen molar-refractivity contribution in [2.24, 2.45) is 0 Å². The molecule has 0 bridgehead atoms. The lowest BCUT2D eigenvalue weighted by molar-refractivity contribution is 0.581. The zero-order valence-corrected chi connectivity index (χ0v) is 14.9. The van der Waals surface area contributed by atoms with Crippen molar-refractivity contribution >= 4 is 33.0 Å². The molecule has 124 valence electrons. The van der Waals surface area contributed by atoms with Crippen molar-refractivity contribution in [2.45, 2.75) is 11.3 Å². The molecule has 2 aromatic heterocycles. The number of nitrogens with zero attached hydrogens (tertiary/aromatic N) is 2. The minimum absolute atomic E-state index is 0.197. The van der Waals surface area contributed by atoms with Crippen molar-refractivity contribution in [2.75, 3.05) is 6.54 Å². The number of rotatable bonds is 6. The number of pyridine rings is 1. The standard InChI is InChI=1S/C16H14ClN3O2S2/c17-13-1-3-15(4-2-13)24(21,22)19-10-7-14-11-23-16(20-14)12-5-8-18-9-6-12/h1-6,8-9,11,19H,7,10H2. The SMILES string of the molecule is O=S(=O)(NCCc1csc(-c2ccncc2)n1)c1ccc(Cl)cc1. The third-order valence-corrected chi connectivity index (χ3v) is 5.95. The number of halogens is 1. The Labute approximate surface area is 149 Å². The maximum Gasteiger partial charge on any atom is 0.240 e. The van der Waals surface area contributed by atoms with Crippen LogP contribution < -0.4 is 4.72 Å². The van der Waals surface area contributed by atoms with E-state index in [2.05, 4.69) is 14.7 Å². The Morgan fingerprint density at radius 2 is 1.79 bits per heavy atom. The Bertz CT molecular complexity index is 910. The highest BCUT2D eigenvalue weighted by Gasteiger charge is 2.13. The van der Waals surface area contributed by atoms with E-state index in [1.807, 2.05) is 17.5 Å². The number of nitrogens with one attached hydrogen (secondary N) is 1. The summed E-state index contributed by atoms with van der Waals surface area (Å²) in [6, 6.07) is 9.86. The zero-order valence-electron chi connectivity index (χ0n) is 12.5. The van der Waals surface area contributed by atoms with Gasteiger partial charge in [0.2, 0.25) is 10.0 Å². The second-order valence-electron chi connectivity index (χ2n) is 4.98. The molecule has 0 saturated carbocycles. The molecule has 0 atom stereocenters. The van der Waals surface area contributed by atoms with E-state index in [-0.39, 0.29) is 11.4 Å². The van der Waals surface area contributed by atoms with Gasteiger partial charge in [-0.1, -0.05) is 11.6 Å². The third-order valence-electron chi connectivity index (χ3n) is 3.28. The van der Waals surface area contributed by atoms with E-state index in [0.29, 0.717) is 11.4 Å². The van der Waals surface area contributed by atoms with Crippen molar-refractivity contribution in [1.82, 2.24) is 14.7 Å². The molecule has 0 aliphatic carbocycles. The maximum absolute atomic E-state index is 12.2. The van der Waals surface area contributed by atoms with Gasteiger partial charge in [-0.25, -0.2) is 18.1 Å². The summed E-state index contributed by atoms with van der Waals surface area (Å²) < 4.78 is 26.9. The number of hydrogen-bond acceptors (Lipinski definition) is 5. The number of thiazole rings is 1. The van der Waals surface area contributed by atoms with Crippen LogP contribution in [0.3, 0.4) is 0 Å². The van der Waals surface area contributed by atoms with Crippen molar-refractivity contribution in [3.63, 3.8) is 0 Å². The van der Waals surface area contributed by atoms with Crippen molar-refractivity contribution in [3.8, 4) is 10.6 Å². The van der Waals surface area contributed by atoms with Crippen LogP contribution in [0, 0.1) is 0 Å². The van der Waals surface area contributed by atoms with Crippen LogP contribution in [0.1, 0.15) is 5.69 Å². The lowest BCUT2D eigenvalue weighted by Gasteiger charge is -2.05. The Kier molecular flexibility index (Phi) is 5.25. The van der Waals surface area contributed by atoms with E-state index >= 15 is 0 Å². The second kappa shape index (κ2) is 7.40. The van der Waals surface area contributed by atoms with Gasteiger partial charge in [0.15, 0.2) is 0 Å². The molecule has 8 heteroatoms. The van der Waals surface area contributed by atoms with Gasteiger partial charge in [-0.05, 0) is 36.4 Å². The summed E-state index contributed by atoms with van der Waals surface area (Å²) in [6.07, 6.45) is 3.96. The fraction of sp³-hybridized carbons (Fsp3) is 0.125. The van der Waals surface area contributed by atoms with E-state index in [0.717, 1.165) is 16.3 Å². The molecule has 0 radical (unpaired) electrons. The summed E-state index contributed by atoms with van der Waals surface area (Å²) in [5.41, 5.74) is 1.86. The van der Waals surface area contributed by atoms with Crippen molar-refractivity contribution < 1.29 is 8.42 Å². The van der Waals surface area contributed by atoms with E-state index in [1.165, 1.54) is 23.5 Å². The first kappa shape index (κ1) is 17.0. The van der Waals surface area contributed by atoms with Gasteiger partial charge in [0.25, 0.3) is 0 Å². The van der Waals surface area contributed by atoms with E-state index < -0.39 is 10.0 Å². The maximum atomic E-state index is 12.2. The van der Waals surface area contributed by atoms with E-state index in [9.17, 15) is 8.42 Å². The molecule has 3 rings (SSSR count). The molecule has 5 nitrogen and oxygen atoms in total. The first-order valence-electron chi connectivity index (χ1n) is 7.15. The van der Waals surface area contributed by atoms with Gasteiger partial charge in [0.05, 0.1) is 10.6 Å². The van der Waals surface area contributed by atoms with Crippen LogP contribution >= 0.6 is 22.9 Å². The fourth-order valence-electron chi connectivity index (χ4n) is 2.06. The van der Waals surface area contributed by atoms with Gasteiger partial charge < -0.3 is 0 Å². The minimum atomic E-state index is -3.53. The molecule has 2 heterocycles. The van der Waals surface area contributed by atoms with Crippen LogP contribution in [0.15, 0.2) is 59.1 Å². The van der Waals surface area contributed by atoms with Crippen LogP contribution in [0.2, 0.25) is 5.02 Å². The van der Waals surface area contributed by atoms with Crippen LogP contribution in [-0.2, 0) is 16.4 Å². The molecule has 0 unspecified atom stereocenters. The van der Waals surface area contributed by atoms with Gasteiger partial charge >= 0.3 is 0 Å². The van der Waals surface area contributed by atoms with Gasteiger partial charge in [-0.2, -0.15) is 0 Å².